The molecule has 1 amide bonds. The van der Waals surface area contributed by atoms with Crippen molar-refractivity contribution in [3.05, 3.63) is 33.9 Å². The molecular formula is C18H27N3O5. The van der Waals surface area contributed by atoms with Crippen LogP contribution in [0.4, 0.5) is 11.4 Å². The largest absolute Gasteiger partial charge is 0.452 e. The molecule has 0 radical (unpaired) electrons. The average Bonchev–Trinajstić information content (AvgIpc) is 2.57. The van der Waals surface area contributed by atoms with Crippen LogP contribution < -0.4 is 5.32 Å². The Labute approximate surface area is 153 Å². The van der Waals surface area contributed by atoms with Crippen molar-refractivity contribution in [1.29, 1.82) is 0 Å². The van der Waals surface area contributed by atoms with Crippen LogP contribution in [0.5, 0.6) is 0 Å². The second kappa shape index (κ2) is 9.74. The minimum absolute atomic E-state index is 0.0303. The van der Waals surface area contributed by atoms with Crippen LogP contribution in [0.15, 0.2) is 18.2 Å². The van der Waals surface area contributed by atoms with Crippen molar-refractivity contribution in [2.45, 2.75) is 27.7 Å². The number of hydrogen-bond donors (Lipinski definition) is 1. The number of nitrogens with zero attached hydrogens (tertiary/aromatic N) is 2. The molecule has 0 aliphatic carbocycles. The van der Waals surface area contributed by atoms with Gasteiger partial charge in [0.2, 0.25) is 0 Å². The molecule has 8 heteroatoms. The number of amides is 1. The third-order valence-corrected chi connectivity index (χ3v) is 3.55. The van der Waals surface area contributed by atoms with Gasteiger partial charge in [-0.2, -0.15) is 0 Å². The molecule has 0 atom stereocenters. The van der Waals surface area contributed by atoms with Crippen molar-refractivity contribution in [3.8, 4) is 0 Å². The molecule has 0 bridgehead atoms. The lowest BCUT2D eigenvalue weighted by Gasteiger charge is -2.26. The van der Waals surface area contributed by atoms with Gasteiger partial charge in [-0.3, -0.25) is 14.9 Å². The highest BCUT2D eigenvalue weighted by molar-refractivity contribution is 5.93. The standard InChI is InChI=1S/C18H27N3O5/c1-12(2)9-20(10-13(3)4)17(22)11-26-18(23)14-6-7-15(19-5)16(8-14)21(24)25/h6-8,12-13,19H,9-11H2,1-5H3. The van der Waals surface area contributed by atoms with Gasteiger partial charge in [0.05, 0.1) is 10.5 Å². The molecule has 0 saturated carbocycles. The summed E-state index contributed by atoms with van der Waals surface area (Å²) < 4.78 is 5.07. The minimum Gasteiger partial charge on any atom is -0.452 e. The number of rotatable bonds is 9. The fraction of sp³-hybridized carbons (Fsp3) is 0.556. The number of hydrogen-bond acceptors (Lipinski definition) is 6. The van der Waals surface area contributed by atoms with E-state index in [1.165, 1.54) is 12.1 Å². The van der Waals surface area contributed by atoms with Crippen LogP contribution in [0, 0.1) is 22.0 Å². The predicted molar refractivity (Wildman–Crippen MR) is 99.2 cm³/mol. The maximum Gasteiger partial charge on any atom is 0.338 e. The van der Waals surface area contributed by atoms with Crippen molar-refractivity contribution in [3.63, 3.8) is 0 Å². The zero-order valence-electron chi connectivity index (χ0n) is 15.9. The summed E-state index contributed by atoms with van der Waals surface area (Å²) >= 11 is 0. The van der Waals surface area contributed by atoms with E-state index >= 15 is 0 Å². The highest BCUT2D eigenvalue weighted by Gasteiger charge is 2.21. The highest BCUT2D eigenvalue weighted by Crippen LogP contribution is 2.25. The van der Waals surface area contributed by atoms with E-state index in [1.54, 1.807) is 11.9 Å². The van der Waals surface area contributed by atoms with Crippen molar-refractivity contribution in [2.75, 3.05) is 32.1 Å². The number of carbonyl (C=O) groups is 2. The summed E-state index contributed by atoms with van der Waals surface area (Å²) in [6.07, 6.45) is 0. The van der Waals surface area contributed by atoms with Gasteiger partial charge in [-0.05, 0) is 24.0 Å². The molecule has 0 unspecified atom stereocenters. The number of benzene rings is 1. The predicted octanol–water partition coefficient (Wildman–Crippen LogP) is 2.93. The molecule has 1 N–H and O–H groups in total. The van der Waals surface area contributed by atoms with Crippen LogP contribution in [0.3, 0.4) is 0 Å². The maximum atomic E-state index is 12.4. The molecule has 26 heavy (non-hydrogen) atoms. The van der Waals surface area contributed by atoms with Crippen LogP contribution >= 0.6 is 0 Å². The smallest absolute Gasteiger partial charge is 0.338 e. The van der Waals surface area contributed by atoms with Gasteiger partial charge in [-0.1, -0.05) is 27.7 Å². The third-order valence-electron chi connectivity index (χ3n) is 3.55. The van der Waals surface area contributed by atoms with Gasteiger partial charge in [-0.25, -0.2) is 4.79 Å². The van der Waals surface area contributed by atoms with Crippen LogP contribution in [0.25, 0.3) is 0 Å². The number of nitro benzene ring substituents is 1. The van der Waals surface area contributed by atoms with E-state index in [2.05, 4.69) is 5.32 Å². The van der Waals surface area contributed by atoms with Crippen LogP contribution in [-0.4, -0.2) is 48.4 Å². The maximum absolute atomic E-state index is 12.4. The second-order valence-electron chi connectivity index (χ2n) is 6.90. The summed E-state index contributed by atoms with van der Waals surface area (Å²) in [7, 11) is 1.55. The van der Waals surface area contributed by atoms with Gasteiger partial charge in [0, 0.05) is 26.2 Å². The molecular weight excluding hydrogens is 338 g/mol. The zero-order valence-corrected chi connectivity index (χ0v) is 15.9. The summed E-state index contributed by atoms with van der Waals surface area (Å²) in [6.45, 7) is 8.81. The number of anilines is 1. The second-order valence-corrected chi connectivity index (χ2v) is 6.90. The Morgan fingerprint density at radius 1 is 1.19 bits per heavy atom. The van der Waals surface area contributed by atoms with Crippen LogP contribution in [-0.2, 0) is 9.53 Å². The first-order chi connectivity index (χ1) is 12.1. The van der Waals surface area contributed by atoms with Crippen molar-refractivity contribution in [2.24, 2.45) is 11.8 Å². The van der Waals surface area contributed by atoms with Gasteiger partial charge in [0.25, 0.3) is 11.6 Å². The molecule has 0 saturated heterocycles. The molecule has 0 aliphatic rings. The highest BCUT2D eigenvalue weighted by atomic mass is 16.6. The van der Waals surface area contributed by atoms with E-state index in [4.69, 9.17) is 4.74 Å². The molecule has 0 aromatic heterocycles. The first-order valence-electron chi connectivity index (χ1n) is 8.56. The Morgan fingerprint density at radius 3 is 2.23 bits per heavy atom. The lowest BCUT2D eigenvalue weighted by atomic mass is 10.1. The lowest BCUT2D eigenvalue weighted by molar-refractivity contribution is -0.384. The van der Waals surface area contributed by atoms with Crippen molar-refractivity contribution >= 4 is 23.3 Å². The summed E-state index contributed by atoms with van der Waals surface area (Å²) in [5.41, 5.74) is 0.0972. The molecule has 1 aromatic carbocycles. The molecule has 0 fully saturated rings. The van der Waals surface area contributed by atoms with E-state index in [9.17, 15) is 19.7 Å². The fourth-order valence-electron chi connectivity index (χ4n) is 2.48. The molecule has 1 aromatic rings. The first-order valence-corrected chi connectivity index (χ1v) is 8.56. The number of nitro groups is 1. The number of nitrogens with one attached hydrogen (secondary N) is 1. The summed E-state index contributed by atoms with van der Waals surface area (Å²) in [6, 6.07) is 3.99. The van der Waals surface area contributed by atoms with Gasteiger partial charge >= 0.3 is 5.97 Å². The summed E-state index contributed by atoms with van der Waals surface area (Å²) in [5, 5.41) is 13.8. The SMILES string of the molecule is CNc1ccc(C(=O)OCC(=O)N(CC(C)C)CC(C)C)cc1[N+](=O)[O-]. The van der Waals surface area contributed by atoms with E-state index < -0.39 is 10.9 Å². The van der Waals surface area contributed by atoms with Gasteiger partial charge < -0.3 is 15.0 Å². The lowest BCUT2D eigenvalue weighted by Crippen LogP contribution is -2.39. The molecule has 0 aliphatic heterocycles. The Hall–Kier alpha value is -2.64. The Bertz CT molecular complexity index is 648. The number of ether oxygens (including phenoxy) is 1. The van der Waals surface area contributed by atoms with Crippen molar-refractivity contribution < 1.29 is 19.2 Å². The average molecular weight is 365 g/mol. The molecule has 144 valence electrons. The fourth-order valence-corrected chi connectivity index (χ4v) is 2.48. The van der Waals surface area contributed by atoms with E-state index in [0.717, 1.165) is 6.07 Å². The zero-order chi connectivity index (χ0) is 19.9. The van der Waals surface area contributed by atoms with Gasteiger partial charge in [0.15, 0.2) is 6.61 Å². The van der Waals surface area contributed by atoms with E-state index in [-0.39, 0.29) is 23.8 Å². The summed E-state index contributed by atoms with van der Waals surface area (Å²) in [4.78, 5) is 36.7. The normalized spacial score (nSPS) is 10.7. The molecule has 0 heterocycles. The van der Waals surface area contributed by atoms with E-state index in [1.807, 2.05) is 27.7 Å². The monoisotopic (exact) mass is 365 g/mol. The van der Waals surface area contributed by atoms with Crippen LogP contribution in [0.1, 0.15) is 38.1 Å². The summed E-state index contributed by atoms with van der Waals surface area (Å²) in [5.74, 6) is -0.449. The topological polar surface area (TPSA) is 102 Å². The third kappa shape index (κ3) is 6.34. The van der Waals surface area contributed by atoms with Gasteiger partial charge in [0.1, 0.15) is 5.69 Å². The minimum atomic E-state index is -0.766. The Kier molecular flexibility index (Phi) is 8.02. The number of esters is 1. The first kappa shape index (κ1) is 21.4. The van der Waals surface area contributed by atoms with Gasteiger partial charge in [-0.15, -0.1) is 0 Å². The van der Waals surface area contributed by atoms with Crippen LogP contribution in [0.2, 0.25) is 0 Å². The van der Waals surface area contributed by atoms with E-state index in [0.29, 0.717) is 30.6 Å². The number of carbonyl (C=O) groups excluding carboxylic acids is 2. The molecule has 0 spiro atoms. The van der Waals surface area contributed by atoms with Crippen molar-refractivity contribution in [1.82, 2.24) is 4.90 Å². The molecule has 8 nitrogen and oxygen atoms in total. The quantitative estimate of drug-likeness (QED) is 0.410. The Balaban J connectivity index is 2.79. The Morgan fingerprint density at radius 2 is 1.77 bits per heavy atom. The molecule has 1 rings (SSSR count).